The average Bonchev–Trinajstić information content (AvgIpc) is 2.71. The maximum Gasteiger partial charge on any atom is 0.321 e. The number of fused-ring (bicyclic) bond motifs is 1. The molecule has 0 aliphatic carbocycles. The molecule has 0 radical (unpaired) electrons. The van der Waals surface area contributed by atoms with Crippen LogP contribution in [0.5, 0.6) is 0 Å². The van der Waals surface area contributed by atoms with Gasteiger partial charge in [-0.2, -0.15) is 0 Å². The van der Waals surface area contributed by atoms with Gasteiger partial charge in [0.2, 0.25) is 0 Å². The number of urea groups is 1. The third-order valence-electron chi connectivity index (χ3n) is 5.96. The Kier molecular flexibility index (Phi) is 5.62. The SMILES string of the molecule is Cc1ccc(NC(=O)N2CCCC(CN3CCc4ccccc4C3)C2)cc1F. The van der Waals surface area contributed by atoms with Gasteiger partial charge in [0.1, 0.15) is 5.82 Å². The van der Waals surface area contributed by atoms with E-state index in [0.29, 0.717) is 17.2 Å². The summed E-state index contributed by atoms with van der Waals surface area (Å²) in [6, 6.07) is 13.4. The van der Waals surface area contributed by atoms with Gasteiger partial charge in [0.05, 0.1) is 0 Å². The van der Waals surface area contributed by atoms with Crippen LogP contribution in [0.1, 0.15) is 29.5 Å². The van der Waals surface area contributed by atoms with Gasteiger partial charge >= 0.3 is 6.03 Å². The van der Waals surface area contributed by atoms with Gasteiger partial charge < -0.3 is 10.2 Å². The van der Waals surface area contributed by atoms with Crippen LogP contribution in [0.25, 0.3) is 0 Å². The topological polar surface area (TPSA) is 35.6 Å². The second-order valence-electron chi connectivity index (χ2n) is 8.10. The molecule has 2 aromatic rings. The quantitative estimate of drug-likeness (QED) is 0.853. The van der Waals surface area contributed by atoms with E-state index in [0.717, 1.165) is 52.0 Å². The summed E-state index contributed by atoms with van der Waals surface area (Å²) in [6.45, 7) is 6.36. The molecule has 2 heterocycles. The van der Waals surface area contributed by atoms with E-state index in [1.165, 1.54) is 17.2 Å². The zero-order chi connectivity index (χ0) is 19.5. The summed E-state index contributed by atoms with van der Waals surface area (Å²) >= 11 is 0. The van der Waals surface area contributed by atoms with Crippen molar-refractivity contribution < 1.29 is 9.18 Å². The Morgan fingerprint density at radius 1 is 1.18 bits per heavy atom. The molecule has 28 heavy (non-hydrogen) atoms. The predicted octanol–water partition coefficient (Wildman–Crippen LogP) is 4.44. The molecule has 4 rings (SSSR count). The van der Waals surface area contributed by atoms with Crippen LogP contribution in [0.4, 0.5) is 14.9 Å². The number of nitrogens with one attached hydrogen (secondary N) is 1. The summed E-state index contributed by atoms with van der Waals surface area (Å²) in [5, 5.41) is 2.85. The summed E-state index contributed by atoms with van der Waals surface area (Å²) in [4.78, 5) is 17.0. The predicted molar refractivity (Wildman–Crippen MR) is 110 cm³/mol. The first-order chi connectivity index (χ1) is 13.6. The number of halogens is 1. The van der Waals surface area contributed by atoms with E-state index in [9.17, 15) is 9.18 Å². The molecule has 2 aromatic carbocycles. The number of carbonyl (C=O) groups excluding carboxylic acids is 1. The molecule has 1 unspecified atom stereocenters. The fraction of sp³-hybridized carbons (Fsp3) is 0.435. The van der Waals surface area contributed by atoms with Crippen molar-refractivity contribution in [2.45, 2.75) is 32.7 Å². The van der Waals surface area contributed by atoms with Crippen molar-refractivity contribution in [1.82, 2.24) is 9.80 Å². The van der Waals surface area contributed by atoms with Crippen LogP contribution in [-0.4, -0.2) is 42.0 Å². The summed E-state index contributed by atoms with van der Waals surface area (Å²) in [6.07, 6.45) is 3.28. The van der Waals surface area contributed by atoms with Gasteiger partial charge in [-0.15, -0.1) is 0 Å². The van der Waals surface area contributed by atoms with Crippen LogP contribution in [0.15, 0.2) is 42.5 Å². The molecule has 2 aliphatic heterocycles. The van der Waals surface area contributed by atoms with Crippen molar-refractivity contribution in [1.29, 1.82) is 0 Å². The molecule has 1 atom stereocenters. The number of aryl methyl sites for hydroxylation is 1. The highest BCUT2D eigenvalue weighted by Crippen LogP contribution is 2.23. The minimum Gasteiger partial charge on any atom is -0.324 e. The first-order valence-electron chi connectivity index (χ1n) is 10.2. The van der Waals surface area contributed by atoms with Crippen LogP contribution < -0.4 is 5.32 Å². The van der Waals surface area contributed by atoms with E-state index in [4.69, 9.17) is 0 Å². The lowest BCUT2D eigenvalue weighted by Crippen LogP contribution is -2.46. The molecule has 4 nitrogen and oxygen atoms in total. The number of carbonyl (C=O) groups is 1. The third kappa shape index (κ3) is 4.36. The average molecular weight is 381 g/mol. The van der Waals surface area contributed by atoms with Gasteiger partial charge in [0.15, 0.2) is 0 Å². The summed E-state index contributed by atoms with van der Waals surface area (Å²) in [7, 11) is 0. The number of amides is 2. The monoisotopic (exact) mass is 381 g/mol. The molecule has 1 fully saturated rings. The highest BCUT2D eigenvalue weighted by atomic mass is 19.1. The standard InChI is InChI=1S/C23H28FN3O/c1-17-8-9-21(13-22(17)24)25-23(28)27-11-4-5-18(15-27)14-26-12-10-19-6-2-3-7-20(19)16-26/h2-3,6-9,13,18H,4-5,10-12,14-16H2,1H3,(H,25,28). The van der Waals surface area contributed by atoms with Crippen molar-refractivity contribution in [2.75, 3.05) is 31.5 Å². The van der Waals surface area contributed by atoms with E-state index in [1.807, 2.05) is 4.90 Å². The maximum absolute atomic E-state index is 13.7. The molecule has 1 N–H and O–H groups in total. The normalized spacial score (nSPS) is 19.9. The molecule has 0 bridgehead atoms. The number of hydrogen-bond acceptors (Lipinski definition) is 2. The molecule has 0 aromatic heterocycles. The number of piperidine rings is 1. The van der Waals surface area contributed by atoms with Crippen LogP contribution in [0, 0.1) is 18.7 Å². The second kappa shape index (κ2) is 8.31. The van der Waals surface area contributed by atoms with Gasteiger partial charge in [0.25, 0.3) is 0 Å². The molecule has 5 heteroatoms. The molecular weight excluding hydrogens is 353 g/mol. The molecule has 0 saturated carbocycles. The lowest BCUT2D eigenvalue weighted by atomic mass is 9.95. The number of anilines is 1. The summed E-state index contributed by atoms with van der Waals surface area (Å²) < 4.78 is 13.7. The van der Waals surface area contributed by atoms with Gasteiger partial charge in [-0.05, 0) is 60.9 Å². The molecule has 1 saturated heterocycles. The number of nitrogens with zero attached hydrogens (tertiary/aromatic N) is 2. The van der Waals surface area contributed by atoms with Gasteiger partial charge in [-0.3, -0.25) is 4.90 Å². The Morgan fingerprint density at radius 2 is 2.00 bits per heavy atom. The zero-order valence-corrected chi connectivity index (χ0v) is 16.5. The Balaban J connectivity index is 1.33. The molecule has 148 valence electrons. The largest absolute Gasteiger partial charge is 0.324 e. The Hall–Kier alpha value is -2.40. The van der Waals surface area contributed by atoms with Gasteiger partial charge in [-0.1, -0.05) is 30.3 Å². The maximum atomic E-state index is 13.7. The Morgan fingerprint density at radius 3 is 2.82 bits per heavy atom. The minimum atomic E-state index is -0.292. The van der Waals surface area contributed by atoms with Gasteiger partial charge in [0, 0.05) is 38.4 Å². The van der Waals surface area contributed by atoms with Crippen LogP contribution in [0.2, 0.25) is 0 Å². The van der Waals surface area contributed by atoms with E-state index >= 15 is 0 Å². The lowest BCUT2D eigenvalue weighted by molar-refractivity contribution is 0.140. The summed E-state index contributed by atoms with van der Waals surface area (Å²) in [5.74, 6) is 0.194. The summed E-state index contributed by atoms with van der Waals surface area (Å²) in [5.41, 5.74) is 4.00. The number of hydrogen-bond donors (Lipinski definition) is 1. The highest BCUT2D eigenvalue weighted by molar-refractivity contribution is 5.89. The first-order valence-corrected chi connectivity index (χ1v) is 10.2. The fourth-order valence-electron chi connectivity index (χ4n) is 4.35. The number of likely N-dealkylation sites (tertiary alicyclic amines) is 1. The van der Waals surface area contributed by atoms with Crippen molar-refractivity contribution in [3.8, 4) is 0 Å². The van der Waals surface area contributed by atoms with Crippen molar-refractivity contribution in [3.05, 3.63) is 65.0 Å². The fourth-order valence-corrected chi connectivity index (χ4v) is 4.35. The first kappa shape index (κ1) is 18.9. The van der Waals surface area contributed by atoms with Crippen LogP contribution in [0.3, 0.4) is 0 Å². The van der Waals surface area contributed by atoms with Gasteiger partial charge in [-0.25, -0.2) is 9.18 Å². The smallest absolute Gasteiger partial charge is 0.321 e. The molecule has 0 spiro atoms. The molecule has 2 aliphatic rings. The third-order valence-corrected chi connectivity index (χ3v) is 5.96. The Bertz CT molecular complexity index is 853. The van der Waals surface area contributed by atoms with E-state index in [2.05, 4.69) is 34.5 Å². The lowest BCUT2D eigenvalue weighted by Gasteiger charge is -2.37. The van der Waals surface area contributed by atoms with Crippen molar-refractivity contribution in [3.63, 3.8) is 0 Å². The number of rotatable bonds is 3. The molecular formula is C23H28FN3O. The zero-order valence-electron chi connectivity index (χ0n) is 16.5. The second-order valence-corrected chi connectivity index (χ2v) is 8.10. The van der Waals surface area contributed by atoms with Crippen LogP contribution in [-0.2, 0) is 13.0 Å². The highest BCUT2D eigenvalue weighted by Gasteiger charge is 2.26. The minimum absolute atomic E-state index is 0.128. The molecule has 2 amide bonds. The van der Waals surface area contributed by atoms with E-state index < -0.39 is 0 Å². The van der Waals surface area contributed by atoms with Crippen molar-refractivity contribution in [2.24, 2.45) is 5.92 Å². The van der Waals surface area contributed by atoms with E-state index in [1.54, 1.807) is 19.1 Å². The van der Waals surface area contributed by atoms with Crippen LogP contribution >= 0.6 is 0 Å². The Labute approximate surface area is 166 Å². The number of benzene rings is 2. The van der Waals surface area contributed by atoms with E-state index in [-0.39, 0.29) is 11.8 Å². The van der Waals surface area contributed by atoms with Crippen molar-refractivity contribution >= 4 is 11.7 Å².